The van der Waals surface area contributed by atoms with Gasteiger partial charge in [0.15, 0.2) is 0 Å². The van der Waals surface area contributed by atoms with Crippen molar-refractivity contribution in [2.24, 2.45) is 12.5 Å². The van der Waals surface area contributed by atoms with E-state index in [1.807, 2.05) is 23.4 Å². The van der Waals surface area contributed by atoms with Gasteiger partial charge in [-0.25, -0.2) is 4.98 Å². The Morgan fingerprint density at radius 2 is 2.26 bits per heavy atom. The second kappa shape index (κ2) is 7.07. The molecular weight excluding hydrogens is 364 g/mol. The van der Waals surface area contributed by atoms with Gasteiger partial charge in [0.2, 0.25) is 5.91 Å². The SMILES string of the molecule is COC(=O)[C@@]1(Cc2cscn2)C[C@H]2CC[C@@H]1N2C(=O)CCc1ccnn1C. The molecule has 0 aromatic carbocycles. The zero-order chi connectivity index (χ0) is 19.0. The Bertz CT molecular complexity index is 834. The summed E-state index contributed by atoms with van der Waals surface area (Å²) < 4.78 is 6.99. The first-order chi connectivity index (χ1) is 13.0. The molecule has 2 saturated heterocycles. The van der Waals surface area contributed by atoms with Gasteiger partial charge in [-0.15, -0.1) is 11.3 Å². The summed E-state index contributed by atoms with van der Waals surface area (Å²) in [6, 6.07) is 1.95. The molecule has 27 heavy (non-hydrogen) atoms. The summed E-state index contributed by atoms with van der Waals surface area (Å²) in [7, 11) is 3.32. The molecule has 2 fully saturated rings. The average molecular weight is 388 g/mol. The quantitative estimate of drug-likeness (QED) is 0.707. The number of aromatic nitrogens is 3. The molecule has 7 nitrogen and oxygen atoms in total. The number of aryl methyl sites for hydroxylation is 2. The normalized spacial score (nSPS) is 26.5. The van der Waals surface area contributed by atoms with Gasteiger partial charge in [-0.3, -0.25) is 14.3 Å². The molecule has 2 bridgehead atoms. The average Bonchev–Trinajstić information content (AvgIpc) is 3.44. The van der Waals surface area contributed by atoms with Crippen LogP contribution in [0.15, 0.2) is 23.2 Å². The summed E-state index contributed by atoms with van der Waals surface area (Å²) in [6.45, 7) is 0. The predicted molar refractivity (Wildman–Crippen MR) is 100 cm³/mol. The molecule has 0 unspecified atom stereocenters. The molecule has 0 radical (unpaired) electrons. The molecule has 4 rings (SSSR count). The van der Waals surface area contributed by atoms with E-state index in [2.05, 4.69) is 10.1 Å². The van der Waals surface area contributed by atoms with Crippen molar-refractivity contribution in [1.82, 2.24) is 19.7 Å². The number of carbonyl (C=O) groups excluding carboxylic acids is 2. The van der Waals surface area contributed by atoms with E-state index < -0.39 is 5.41 Å². The Kier molecular flexibility index (Phi) is 4.75. The van der Waals surface area contributed by atoms with Crippen LogP contribution in [0, 0.1) is 5.41 Å². The van der Waals surface area contributed by atoms with Gasteiger partial charge < -0.3 is 9.64 Å². The van der Waals surface area contributed by atoms with Crippen LogP contribution in [0.4, 0.5) is 0 Å². The van der Waals surface area contributed by atoms with Gasteiger partial charge in [0.05, 0.1) is 23.7 Å². The molecule has 8 heteroatoms. The number of methoxy groups -OCH3 is 1. The van der Waals surface area contributed by atoms with E-state index in [0.717, 1.165) is 24.2 Å². The Morgan fingerprint density at radius 3 is 2.93 bits per heavy atom. The number of thiazole rings is 1. The van der Waals surface area contributed by atoms with Crippen LogP contribution in [0.1, 0.15) is 37.1 Å². The van der Waals surface area contributed by atoms with Crippen LogP contribution in [0.3, 0.4) is 0 Å². The number of amides is 1. The number of esters is 1. The van der Waals surface area contributed by atoms with Crippen LogP contribution in [-0.4, -0.2) is 50.7 Å². The molecule has 0 spiro atoms. The van der Waals surface area contributed by atoms with Crippen molar-refractivity contribution in [1.29, 1.82) is 0 Å². The standard InChI is InChI=1S/C19H24N4O3S/c1-22-14(7-8-21-22)4-6-17(24)23-15-3-5-16(23)19(10-15,18(25)26-2)9-13-11-27-12-20-13/h7-8,11-12,15-16H,3-6,9-10H2,1-2H3/t15-,16+,19+/m1/s1. The number of rotatable bonds is 6. The minimum absolute atomic E-state index is 0.101. The number of fused-ring (bicyclic) bond motifs is 2. The lowest BCUT2D eigenvalue weighted by Crippen LogP contribution is -2.47. The summed E-state index contributed by atoms with van der Waals surface area (Å²) in [5.41, 5.74) is 3.05. The topological polar surface area (TPSA) is 77.3 Å². The van der Waals surface area contributed by atoms with Crippen molar-refractivity contribution in [3.05, 3.63) is 34.5 Å². The summed E-state index contributed by atoms with van der Waals surface area (Å²) in [6.07, 6.45) is 5.84. The highest BCUT2D eigenvalue weighted by Crippen LogP contribution is 2.52. The van der Waals surface area contributed by atoms with Crippen molar-refractivity contribution in [3.63, 3.8) is 0 Å². The monoisotopic (exact) mass is 388 g/mol. The highest BCUT2D eigenvalue weighted by atomic mass is 32.1. The second-order valence-corrected chi connectivity index (χ2v) is 8.22. The third kappa shape index (κ3) is 3.05. The van der Waals surface area contributed by atoms with E-state index in [1.54, 1.807) is 16.4 Å². The summed E-state index contributed by atoms with van der Waals surface area (Å²) >= 11 is 1.52. The minimum atomic E-state index is -0.673. The number of nitrogens with zero attached hydrogens (tertiary/aromatic N) is 4. The fourth-order valence-electron chi connectivity index (χ4n) is 4.90. The Labute approximate surface area is 162 Å². The lowest BCUT2D eigenvalue weighted by atomic mass is 9.71. The third-order valence-corrected chi connectivity index (χ3v) is 6.75. The molecule has 0 saturated carbocycles. The van der Waals surface area contributed by atoms with Gasteiger partial charge in [-0.2, -0.15) is 5.10 Å². The summed E-state index contributed by atoms with van der Waals surface area (Å²) in [5.74, 6) is -0.0973. The predicted octanol–water partition coefficient (Wildman–Crippen LogP) is 1.97. The van der Waals surface area contributed by atoms with E-state index in [-0.39, 0.29) is 24.0 Å². The molecule has 144 valence electrons. The van der Waals surface area contributed by atoms with Crippen molar-refractivity contribution in [3.8, 4) is 0 Å². The zero-order valence-corrected chi connectivity index (χ0v) is 16.4. The number of hydrogen-bond acceptors (Lipinski definition) is 6. The maximum Gasteiger partial charge on any atom is 0.314 e. The van der Waals surface area contributed by atoms with Crippen LogP contribution in [0.5, 0.6) is 0 Å². The van der Waals surface area contributed by atoms with E-state index >= 15 is 0 Å². The first kappa shape index (κ1) is 18.2. The van der Waals surface area contributed by atoms with Crippen molar-refractivity contribution < 1.29 is 14.3 Å². The van der Waals surface area contributed by atoms with E-state index in [1.165, 1.54) is 18.4 Å². The number of hydrogen-bond donors (Lipinski definition) is 0. The van der Waals surface area contributed by atoms with Gasteiger partial charge in [0.1, 0.15) is 0 Å². The molecule has 2 aliphatic heterocycles. The second-order valence-electron chi connectivity index (χ2n) is 7.50. The Morgan fingerprint density at radius 1 is 1.41 bits per heavy atom. The molecule has 2 aromatic rings. The van der Waals surface area contributed by atoms with Gasteiger partial charge in [-0.1, -0.05) is 0 Å². The van der Waals surface area contributed by atoms with Crippen LogP contribution >= 0.6 is 11.3 Å². The molecule has 0 aliphatic carbocycles. The summed E-state index contributed by atoms with van der Waals surface area (Å²) in [5, 5.41) is 6.14. The van der Waals surface area contributed by atoms with Gasteiger partial charge in [0.25, 0.3) is 0 Å². The fourth-order valence-corrected chi connectivity index (χ4v) is 5.46. The van der Waals surface area contributed by atoms with Crippen molar-refractivity contribution in [2.75, 3.05) is 7.11 Å². The number of carbonyl (C=O) groups is 2. The van der Waals surface area contributed by atoms with Gasteiger partial charge in [0, 0.05) is 49.2 Å². The van der Waals surface area contributed by atoms with Gasteiger partial charge in [-0.05, 0) is 31.7 Å². The molecule has 0 N–H and O–H groups in total. The smallest absolute Gasteiger partial charge is 0.314 e. The van der Waals surface area contributed by atoms with Crippen molar-refractivity contribution in [2.45, 2.75) is 50.6 Å². The van der Waals surface area contributed by atoms with Crippen molar-refractivity contribution >= 4 is 23.2 Å². The molecule has 1 amide bonds. The number of ether oxygens (including phenoxy) is 1. The lowest BCUT2D eigenvalue weighted by molar-refractivity contribution is -0.155. The molecule has 4 heterocycles. The van der Waals surface area contributed by atoms with E-state index in [9.17, 15) is 9.59 Å². The first-order valence-corrected chi connectivity index (χ1v) is 10.2. The van der Waals surface area contributed by atoms with E-state index in [0.29, 0.717) is 25.7 Å². The van der Waals surface area contributed by atoms with Gasteiger partial charge >= 0.3 is 5.97 Å². The molecule has 3 atom stereocenters. The highest BCUT2D eigenvalue weighted by molar-refractivity contribution is 7.07. The Balaban J connectivity index is 1.54. The summed E-state index contributed by atoms with van der Waals surface area (Å²) in [4.78, 5) is 32.2. The molecule has 2 aliphatic rings. The third-order valence-electron chi connectivity index (χ3n) is 6.12. The van der Waals surface area contributed by atoms with Crippen LogP contribution < -0.4 is 0 Å². The van der Waals surface area contributed by atoms with E-state index in [4.69, 9.17) is 4.74 Å². The highest BCUT2D eigenvalue weighted by Gasteiger charge is 2.61. The van der Waals surface area contributed by atoms with Crippen LogP contribution in [-0.2, 0) is 34.2 Å². The molecular formula is C19H24N4O3S. The Hall–Kier alpha value is -2.22. The zero-order valence-electron chi connectivity index (χ0n) is 15.6. The largest absolute Gasteiger partial charge is 0.469 e. The fraction of sp³-hybridized carbons (Fsp3) is 0.579. The molecule has 2 aromatic heterocycles. The maximum atomic E-state index is 13.0. The minimum Gasteiger partial charge on any atom is -0.469 e. The van der Waals surface area contributed by atoms with Crippen LogP contribution in [0.2, 0.25) is 0 Å². The first-order valence-electron chi connectivity index (χ1n) is 9.28. The van der Waals surface area contributed by atoms with Crippen LogP contribution in [0.25, 0.3) is 0 Å². The maximum absolute atomic E-state index is 13.0. The lowest BCUT2D eigenvalue weighted by Gasteiger charge is -2.34.